The van der Waals surface area contributed by atoms with Crippen LogP contribution < -0.4 is 19.5 Å². The van der Waals surface area contributed by atoms with Crippen LogP contribution >= 0.6 is 11.3 Å². The summed E-state index contributed by atoms with van der Waals surface area (Å²) < 4.78 is 16.6. The first-order chi connectivity index (χ1) is 14.2. The number of methoxy groups -OCH3 is 2. The second-order valence-corrected chi connectivity index (χ2v) is 7.03. The Morgan fingerprint density at radius 2 is 1.90 bits per heavy atom. The monoisotopic (exact) mass is 412 g/mol. The highest BCUT2D eigenvalue weighted by molar-refractivity contribution is 7.07. The molecule has 1 atom stereocenters. The lowest BCUT2D eigenvalue weighted by molar-refractivity contribution is 0.0934. The van der Waals surface area contributed by atoms with Gasteiger partial charge in [0, 0.05) is 16.5 Å². The van der Waals surface area contributed by atoms with E-state index in [1.807, 2.05) is 36.6 Å². The van der Waals surface area contributed by atoms with E-state index in [2.05, 4.69) is 10.3 Å². The molecule has 3 rings (SSSR count). The molecule has 1 unspecified atom stereocenters. The molecular formula is C22H24N2O4S. The van der Waals surface area contributed by atoms with Gasteiger partial charge in [-0.05, 0) is 30.7 Å². The molecule has 0 aliphatic heterocycles. The van der Waals surface area contributed by atoms with Crippen LogP contribution in [0, 0.1) is 0 Å². The predicted octanol–water partition coefficient (Wildman–Crippen LogP) is 4.62. The van der Waals surface area contributed by atoms with E-state index in [9.17, 15) is 4.79 Å². The number of aromatic nitrogens is 1. The maximum atomic E-state index is 12.9. The van der Waals surface area contributed by atoms with Gasteiger partial charge >= 0.3 is 0 Å². The SMILES string of the molecule is CCC(NC(=O)c1ccc(OCc2cscn2)c(OC)c1)c1ccccc1OC. The van der Waals surface area contributed by atoms with Crippen LogP contribution in [0.15, 0.2) is 53.4 Å². The largest absolute Gasteiger partial charge is 0.496 e. The molecule has 0 bridgehead atoms. The molecule has 1 amide bonds. The minimum Gasteiger partial charge on any atom is -0.496 e. The number of nitrogens with zero attached hydrogens (tertiary/aromatic N) is 1. The summed E-state index contributed by atoms with van der Waals surface area (Å²) in [5.41, 5.74) is 4.05. The van der Waals surface area contributed by atoms with E-state index >= 15 is 0 Å². The molecule has 152 valence electrons. The third kappa shape index (κ3) is 5.06. The van der Waals surface area contributed by atoms with Gasteiger partial charge in [0.05, 0.1) is 31.5 Å². The zero-order valence-electron chi connectivity index (χ0n) is 16.7. The minimum absolute atomic E-state index is 0.162. The molecule has 0 spiro atoms. The van der Waals surface area contributed by atoms with Crippen molar-refractivity contribution < 1.29 is 19.0 Å². The van der Waals surface area contributed by atoms with Crippen molar-refractivity contribution in [2.24, 2.45) is 0 Å². The summed E-state index contributed by atoms with van der Waals surface area (Å²) in [4.78, 5) is 17.0. The second-order valence-electron chi connectivity index (χ2n) is 6.31. The molecule has 3 aromatic rings. The summed E-state index contributed by atoms with van der Waals surface area (Å²) in [6.45, 7) is 2.37. The number of hydrogen-bond donors (Lipinski definition) is 1. The third-order valence-electron chi connectivity index (χ3n) is 4.51. The number of thiazole rings is 1. The number of hydrogen-bond acceptors (Lipinski definition) is 6. The van der Waals surface area contributed by atoms with Crippen molar-refractivity contribution in [2.45, 2.75) is 26.0 Å². The molecule has 0 fully saturated rings. The molecule has 1 heterocycles. The molecular weight excluding hydrogens is 388 g/mol. The Kier molecular flexibility index (Phi) is 7.08. The highest BCUT2D eigenvalue weighted by Gasteiger charge is 2.19. The number of ether oxygens (including phenoxy) is 3. The number of amides is 1. The molecule has 0 saturated heterocycles. The summed E-state index contributed by atoms with van der Waals surface area (Å²) in [6, 6.07) is 12.7. The highest BCUT2D eigenvalue weighted by atomic mass is 32.1. The average Bonchev–Trinajstić information content (AvgIpc) is 3.29. The number of benzene rings is 2. The predicted molar refractivity (Wildman–Crippen MR) is 113 cm³/mol. The first-order valence-corrected chi connectivity index (χ1v) is 10.2. The van der Waals surface area contributed by atoms with Gasteiger partial charge in [-0.3, -0.25) is 4.79 Å². The van der Waals surface area contributed by atoms with Gasteiger partial charge < -0.3 is 19.5 Å². The van der Waals surface area contributed by atoms with E-state index in [0.717, 1.165) is 23.4 Å². The van der Waals surface area contributed by atoms with Crippen molar-refractivity contribution in [3.63, 3.8) is 0 Å². The van der Waals surface area contributed by atoms with Crippen molar-refractivity contribution in [1.29, 1.82) is 0 Å². The average molecular weight is 413 g/mol. The molecule has 0 aliphatic rings. The molecule has 1 aromatic heterocycles. The topological polar surface area (TPSA) is 69.7 Å². The minimum atomic E-state index is -0.188. The molecule has 0 radical (unpaired) electrons. The smallest absolute Gasteiger partial charge is 0.251 e. The van der Waals surface area contributed by atoms with Gasteiger partial charge in [-0.2, -0.15) is 0 Å². The fourth-order valence-corrected chi connectivity index (χ4v) is 3.53. The van der Waals surface area contributed by atoms with Crippen molar-refractivity contribution in [3.8, 4) is 17.2 Å². The van der Waals surface area contributed by atoms with Crippen molar-refractivity contribution in [2.75, 3.05) is 14.2 Å². The van der Waals surface area contributed by atoms with Crippen molar-refractivity contribution in [1.82, 2.24) is 10.3 Å². The van der Waals surface area contributed by atoms with E-state index < -0.39 is 0 Å². The Labute approximate surface area is 174 Å². The lowest BCUT2D eigenvalue weighted by Crippen LogP contribution is -2.28. The van der Waals surface area contributed by atoms with Gasteiger partial charge in [-0.25, -0.2) is 4.98 Å². The maximum Gasteiger partial charge on any atom is 0.251 e. The van der Waals surface area contributed by atoms with E-state index in [1.165, 1.54) is 11.3 Å². The number of carbonyl (C=O) groups is 1. The summed E-state index contributed by atoms with van der Waals surface area (Å²) >= 11 is 1.52. The van der Waals surface area contributed by atoms with Gasteiger partial charge in [0.2, 0.25) is 0 Å². The van der Waals surface area contributed by atoms with E-state index in [1.54, 1.807) is 37.9 Å². The van der Waals surface area contributed by atoms with Crippen LogP contribution in [0.5, 0.6) is 17.2 Å². The van der Waals surface area contributed by atoms with Gasteiger partial charge in [0.15, 0.2) is 11.5 Å². The molecule has 0 saturated carbocycles. The fourth-order valence-electron chi connectivity index (χ4n) is 2.98. The van der Waals surface area contributed by atoms with Gasteiger partial charge in [-0.1, -0.05) is 25.1 Å². The lowest BCUT2D eigenvalue weighted by Gasteiger charge is -2.20. The number of nitrogens with one attached hydrogen (secondary N) is 1. The van der Waals surface area contributed by atoms with Crippen LogP contribution in [-0.2, 0) is 6.61 Å². The summed E-state index contributed by atoms with van der Waals surface area (Å²) in [6.07, 6.45) is 0.734. The quantitative estimate of drug-likeness (QED) is 0.555. The number of para-hydroxylation sites is 1. The number of rotatable bonds is 9. The lowest BCUT2D eigenvalue weighted by atomic mass is 10.0. The molecule has 7 heteroatoms. The molecule has 2 aromatic carbocycles. The van der Waals surface area contributed by atoms with Crippen LogP contribution in [0.2, 0.25) is 0 Å². The van der Waals surface area contributed by atoms with E-state index in [-0.39, 0.29) is 11.9 Å². The Balaban J connectivity index is 1.74. The van der Waals surface area contributed by atoms with Crippen LogP contribution in [-0.4, -0.2) is 25.1 Å². The Morgan fingerprint density at radius 3 is 2.59 bits per heavy atom. The standard InChI is InChI=1S/C22H24N2O4S/c1-4-18(17-7-5-6-8-19(17)26-2)24-22(25)15-9-10-20(21(11-15)27-3)28-12-16-13-29-14-23-16/h5-11,13-14,18H,4,12H2,1-3H3,(H,24,25). The maximum absolute atomic E-state index is 12.9. The van der Waals surface area contributed by atoms with E-state index in [0.29, 0.717) is 23.7 Å². The number of carbonyl (C=O) groups excluding carboxylic acids is 1. The molecule has 0 aliphatic carbocycles. The Hall–Kier alpha value is -3.06. The summed E-state index contributed by atoms with van der Waals surface area (Å²) in [5.74, 6) is 1.63. The third-order valence-corrected chi connectivity index (χ3v) is 5.15. The first-order valence-electron chi connectivity index (χ1n) is 9.28. The molecule has 29 heavy (non-hydrogen) atoms. The van der Waals surface area contributed by atoms with E-state index in [4.69, 9.17) is 14.2 Å². The van der Waals surface area contributed by atoms with Crippen LogP contribution in [0.3, 0.4) is 0 Å². The van der Waals surface area contributed by atoms with Gasteiger partial charge in [-0.15, -0.1) is 11.3 Å². The van der Waals surface area contributed by atoms with Crippen LogP contribution in [0.25, 0.3) is 0 Å². The second kappa shape index (κ2) is 9.93. The van der Waals surface area contributed by atoms with Crippen LogP contribution in [0.1, 0.15) is 41.0 Å². The Morgan fingerprint density at radius 1 is 1.10 bits per heavy atom. The highest BCUT2D eigenvalue weighted by Crippen LogP contribution is 2.30. The Bertz CT molecular complexity index is 944. The molecule has 6 nitrogen and oxygen atoms in total. The van der Waals surface area contributed by atoms with Crippen molar-refractivity contribution >= 4 is 17.2 Å². The van der Waals surface area contributed by atoms with Gasteiger partial charge in [0.25, 0.3) is 5.91 Å². The molecule has 1 N–H and O–H groups in total. The zero-order chi connectivity index (χ0) is 20.6. The first kappa shape index (κ1) is 20.7. The fraction of sp³-hybridized carbons (Fsp3) is 0.273. The van der Waals surface area contributed by atoms with Crippen molar-refractivity contribution in [3.05, 3.63) is 70.2 Å². The zero-order valence-corrected chi connectivity index (χ0v) is 17.5. The van der Waals surface area contributed by atoms with Gasteiger partial charge in [0.1, 0.15) is 12.4 Å². The summed E-state index contributed by atoms with van der Waals surface area (Å²) in [5, 5.41) is 5.00. The summed E-state index contributed by atoms with van der Waals surface area (Å²) in [7, 11) is 3.18. The normalized spacial score (nSPS) is 11.6. The van der Waals surface area contributed by atoms with Crippen LogP contribution in [0.4, 0.5) is 0 Å².